The summed E-state index contributed by atoms with van der Waals surface area (Å²) in [7, 11) is 5.06. The summed E-state index contributed by atoms with van der Waals surface area (Å²) in [6.45, 7) is 0.787. The molecule has 3 rings (SSSR count). The predicted molar refractivity (Wildman–Crippen MR) is 120 cm³/mol. The van der Waals surface area contributed by atoms with Gasteiger partial charge in [-0.25, -0.2) is 9.78 Å². The van der Waals surface area contributed by atoms with Gasteiger partial charge in [-0.3, -0.25) is 14.5 Å². The summed E-state index contributed by atoms with van der Waals surface area (Å²) in [4.78, 5) is 48.2. The van der Waals surface area contributed by atoms with E-state index in [0.717, 1.165) is 11.3 Å². The number of quaternary nitrogens is 1. The number of carboxylic acid groups (broad SMARTS) is 1. The molecule has 1 fully saturated rings. The molecule has 1 aromatic rings. The topological polar surface area (TPSA) is 147 Å². The lowest BCUT2D eigenvalue weighted by atomic mass is 9.94. The average molecular weight is 480 g/mol. The molecule has 2 aliphatic rings. The molecular formula is C19H23N6O5S2+. The van der Waals surface area contributed by atoms with Crippen molar-refractivity contribution >= 4 is 51.7 Å². The van der Waals surface area contributed by atoms with E-state index in [0.29, 0.717) is 28.2 Å². The minimum atomic E-state index is -1.20. The number of hydrogen-bond acceptors (Lipinski definition) is 9. The number of anilines is 1. The largest absolute Gasteiger partial charge is 0.477 e. The Hall–Kier alpha value is -3.08. The van der Waals surface area contributed by atoms with Crippen LogP contribution in [0.15, 0.2) is 21.1 Å². The lowest BCUT2D eigenvalue weighted by Crippen LogP contribution is -2.73. The second-order valence-corrected chi connectivity index (χ2v) is 9.77. The number of oxime groups is 1. The Morgan fingerprint density at radius 1 is 1.53 bits per heavy atom. The van der Waals surface area contributed by atoms with Gasteiger partial charge >= 0.3 is 5.97 Å². The van der Waals surface area contributed by atoms with E-state index >= 15 is 0 Å². The van der Waals surface area contributed by atoms with E-state index in [1.807, 2.05) is 14.1 Å². The molecule has 2 aliphatic heterocycles. The second-order valence-electron chi connectivity index (χ2n) is 7.76. The van der Waals surface area contributed by atoms with Crippen LogP contribution in [0.1, 0.15) is 5.69 Å². The molecule has 2 atom stereocenters. The van der Waals surface area contributed by atoms with Gasteiger partial charge in [-0.05, 0) is 5.92 Å². The van der Waals surface area contributed by atoms with Gasteiger partial charge in [-0.15, -0.1) is 29.5 Å². The van der Waals surface area contributed by atoms with Crippen LogP contribution in [0.3, 0.4) is 0 Å². The highest BCUT2D eigenvalue weighted by Crippen LogP contribution is 2.39. The first-order valence-corrected chi connectivity index (χ1v) is 11.3. The van der Waals surface area contributed by atoms with E-state index in [2.05, 4.69) is 21.4 Å². The number of rotatable bonds is 8. The molecule has 0 bridgehead atoms. The Bertz CT molecular complexity index is 1060. The van der Waals surface area contributed by atoms with Crippen molar-refractivity contribution in [3.8, 4) is 12.3 Å². The van der Waals surface area contributed by atoms with Crippen molar-refractivity contribution in [1.29, 1.82) is 0 Å². The number of nitrogens with one attached hydrogen (secondary N) is 1. The number of carboxylic acids is 1. The summed E-state index contributed by atoms with van der Waals surface area (Å²) in [6, 6.07) is -1.39. The molecule has 1 saturated heterocycles. The number of nitrogens with two attached hydrogens (primary N) is 1. The first kappa shape index (κ1) is 23.6. The highest BCUT2D eigenvalue weighted by molar-refractivity contribution is 8.03. The lowest BCUT2D eigenvalue weighted by molar-refractivity contribution is -0.877. The van der Waals surface area contributed by atoms with Crippen LogP contribution < -0.4 is 11.1 Å². The maximum Gasteiger partial charge on any atom is 0.353 e. The summed E-state index contributed by atoms with van der Waals surface area (Å²) in [5.74, 6) is 0.639. The van der Waals surface area contributed by atoms with Gasteiger partial charge in [0.25, 0.3) is 11.8 Å². The van der Waals surface area contributed by atoms with E-state index in [-0.39, 0.29) is 22.2 Å². The smallest absolute Gasteiger partial charge is 0.353 e. The minimum Gasteiger partial charge on any atom is -0.477 e. The standard InChI is InChI=1S/C19H22N6O5S2/c1-5-6-25(2,3)7-12-15(18(28)29)24-11(9-31-12)14(17(24)27)22-16(26)13(23-30-4)10-8-32-19(20)21-10/h1,8,11,14H,6-7,9H2,2-4H3,(H3-,20,21,22,26,28,29)/p+1. The number of aliphatic carboxylic acids is 1. The van der Waals surface area contributed by atoms with Crippen LogP contribution in [-0.2, 0) is 19.2 Å². The van der Waals surface area contributed by atoms with Crippen molar-refractivity contribution in [2.24, 2.45) is 5.16 Å². The van der Waals surface area contributed by atoms with Crippen LogP contribution >= 0.6 is 23.1 Å². The number of carbonyl (C=O) groups excluding carboxylic acids is 2. The third kappa shape index (κ3) is 4.57. The molecule has 2 unspecified atom stereocenters. The molecule has 170 valence electrons. The van der Waals surface area contributed by atoms with Crippen molar-refractivity contribution < 1.29 is 28.8 Å². The summed E-state index contributed by atoms with van der Waals surface area (Å²) < 4.78 is 0.385. The number of likely N-dealkylation sites (N-methyl/N-ethyl adjacent to an activating group) is 1. The molecule has 2 amide bonds. The number of thiazole rings is 1. The van der Waals surface area contributed by atoms with Gasteiger partial charge in [0, 0.05) is 11.1 Å². The Morgan fingerprint density at radius 2 is 2.25 bits per heavy atom. The number of β-lactam (4-membered cyclic amide) rings is 1. The fraction of sp³-hybridized carbons (Fsp3) is 0.421. The summed E-state index contributed by atoms with van der Waals surface area (Å²) in [5.41, 5.74) is 5.65. The molecule has 0 aromatic carbocycles. The zero-order chi connectivity index (χ0) is 23.6. The number of terminal acetylenes is 1. The Balaban J connectivity index is 1.80. The first-order valence-electron chi connectivity index (χ1n) is 9.40. The molecule has 4 N–H and O–H groups in total. The number of hydrogen-bond donors (Lipinski definition) is 3. The number of amides is 2. The number of nitrogen functional groups attached to an aromatic ring is 1. The monoisotopic (exact) mass is 479 g/mol. The number of nitrogens with zero attached hydrogens (tertiary/aromatic N) is 4. The summed E-state index contributed by atoms with van der Waals surface area (Å²) in [6.07, 6.45) is 5.41. The third-order valence-electron chi connectivity index (χ3n) is 4.90. The third-order valence-corrected chi connectivity index (χ3v) is 6.75. The van der Waals surface area contributed by atoms with Crippen LogP contribution in [0, 0.1) is 12.3 Å². The van der Waals surface area contributed by atoms with E-state index < -0.39 is 29.9 Å². The van der Waals surface area contributed by atoms with Crippen molar-refractivity contribution in [2.45, 2.75) is 12.1 Å². The lowest BCUT2D eigenvalue weighted by Gasteiger charge is -2.50. The van der Waals surface area contributed by atoms with Crippen molar-refractivity contribution in [3.63, 3.8) is 0 Å². The molecule has 3 heterocycles. The van der Waals surface area contributed by atoms with Gasteiger partial charge in [0.1, 0.15) is 37.6 Å². The maximum absolute atomic E-state index is 12.9. The summed E-state index contributed by atoms with van der Waals surface area (Å²) >= 11 is 2.49. The Labute approximate surface area is 192 Å². The van der Waals surface area contributed by atoms with Crippen molar-refractivity contribution in [3.05, 3.63) is 21.7 Å². The van der Waals surface area contributed by atoms with E-state index in [9.17, 15) is 19.5 Å². The van der Waals surface area contributed by atoms with Crippen molar-refractivity contribution in [2.75, 3.05) is 45.8 Å². The molecule has 1 aromatic heterocycles. The SMILES string of the molecule is C#CC[N+](C)(C)CC1=C(C(=O)O)N2C(=O)C(NC(=O)C(=NOC)c3csc(N)n3)C2CS1. The second kappa shape index (κ2) is 9.19. The fourth-order valence-electron chi connectivity index (χ4n) is 3.47. The Kier molecular flexibility index (Phi) is 6.77. The highest BCUT2D eigenvalue weighted by Gasteiger charge is 2.54. The fourth-order valence-corrected chi connectivity index (χ4v) is 5.50. The Morgan fingerprint density at radius 3 is 2.81 bits per heavy atom. The summed E-state index contributed by atoms with van der Waals surface area (Å²) in [5, 5.41) is 17.9. The molecular weight excluding hydrogens is 456 g/mol. The average Bonchev–Trinajstić information content (AvgIpc) is 3.14. The molecule has 32 heavy (non-hydrogen) atoms. The first-order chi connectivity index (χ1) is 15.1. The minimum absolute atomic E-state index is 0.0666. The van der Waals surface area contributed by atoms with Crippen LogP contribution in [0.2, 0.25) is 0 Å². The number of thioether (sulfide) groups is 1. The van der Waals surface area contributed by atoms with Crippen LogP contribution in [0.4, 0.5) is 5.13 Å². The van der Waals surface area contributed by atoms with E-state index in [4.69, 9.17) is 17.0 Å². The number of carbonyl (C=O) groups is 3. The normalized spacial score (nSPS) is 20.9. The molecule has 0 saturated carbocycles. The van der Waals surface area contributed by atoms with Crippen LogP contribution in [0.5, 0.6) is 0 Å². The van der Waals surface area contributed by atoms with Crippen LogP contribution in [0.25, 0.3) is 0 Å². The molecule has 11 nitrogen and oxygen atoms in total. The maximum atomic E-state index is 12.9. The predicted octanol–water partition coefficient (Wildman–Crippen LogP) is -0.476. The van der Waals surface area contributed by atoms with Gasteiger partial charge in [-0.2, -0.15) is 0 Å². The zero-order valence-electron chi connectivity index (χ0n) is 17.7. The van der Waals surface area contributed by atoms with Gasteiger partial charge in [-0.1, -0.05) is 5.16 Å². The zero-order valence-corrected chi connectivity index (χ0v) is 19.3. The van der Waals surface area contributed by atoms with Gasteiger partial charge in [0.05, 0.1) is 25.0 Å². The molecule has 0 radical (unpaired) electrons. The number of aromatic nitrogens is 1. The van der Waals surface area contributed by atoms with E-state index in [1.54, 1.807) is 5.38 Å². The van der Waals surface area contributed by atoms with Gasteiger partial charge in [0.15, 0.2) is 10.8 Å². The molecule has 13 heteroatoms. The van der Waals surface area contributed by atoms with E-state index in [1.165, 1.54) is 23.8 Å². The van der Waals surface area contributed by atoms with Gasteiger partial charge < -0.3 is 25.5 Å². The highest BCUT2D eigenvalue weighted by atomic mass is 32.2. The van der Waals surface area contributed by atoms with Gasteiger partial charge in [0.2, 0.25) is 0 Å². The molecule has 0 aliphatic carbocycles. The number of fused-ring (bicyclic) bond motifs is 1. The van der Waals surface area contributed by atoms with Crippen LogP contribution in [-0.4, -0.2) is 95.1 Å². The quantitative estimate of drug-likeness (QED) is 0.149. The van der Waals surface area contributed by atoms with Crippen molar-refractivity contribution in [1.82, 2.24) is 15.2 Å². The molecule has 0 spiro atoms.